The molecule has 1 N–H and O–H groups in total. The van der Waals surface area contributed by atoms with E-state index >= 15 is 0 Å². The normalized spacial score (nSPS) is 15.8. The number of rotatable bonds is 6. The van der Waals surface area contributed by atoms with Crippen molar-refractivity contribution in [3.05, 3.63) is 94.6 Å². The molecule has 33 heavy (non-hydrogen) atoms. The molecule has 1 aliphatic heterocycles. The van der Waals surface area contributed by atoms with Gasteiger partial charge in [0.2, 0.25) is 5.91 Å². The second kappa shape index (κ2) is 10.4. The Morgan fingerprint density at radius 1 is 1.03 bits per heavy atom. The van der Waals surface area contributed by atoms with Gasteiger partial charge in [0.25, 0.3) is 5.91 Å². The Bertz CT molecular complexity index is 1110. The Labute approximate surface area is 195 Å². The third kappa shape index (κ3) is 5.83. The molecule has 4 rings (SSSR count). The summed E-state index contributed by atoms with van der Waals surface area (Å²) in [7, 11) is 0. The molecule has 0 bridgehead atoms. The number of hydrogen-bond donors (Lipinski definition) is 1. The van der Waals surface area contributed by atoms with Gasteiger partial charge in [0.1, 0.15) is 5.82 Å². The van der Waals surface area contributed by atoms with Crippen molar-refractivity contribution in [3.63, 3.8) is 0 Å². The van der Waals surface area contributed by atoms with E-state index in [4.69, 9.17) is 0 Å². The molecule has 1 fully saturated rings. The highest BCUT2D eigenvalue weighted by Crippen LogP contribution is 2.25. The third-order valence-electron chi connectivity index (χ3n) is 6.15. The Morgan fingerprint density at radius 2 is 1.79 bits per heavy atom. The van der Waals surface area contributed by atoms with Gasteiger partial charge in [0.05, 0.1) is 17.7 Å². The molecular weight excluding hydrogens is 412 g/mol. The highest BCUT2D eigenvalue weighted by molar-refractivity contribution is 5.94. The zero-order valence-corrected chi connectivity index (χ0v) is 19.3. The average molecular weight is 443 g/mol. The van der Waals surface area contributed by atoms with Crippen molar-refractivity contribution in [2.24, 2.45) is 0 Å². The second-order valence-corrected chi connectivity index (χ2v) is 8.74. The second-order valence-electron chi connectivity index (χ2n) is 8.74. The van der Waals surface area contributed by atoms with Crippen molar-refractivity contribution in [1.82, 2.24) is 20.2 Å². The number of aromatic nitrogens is 2. The van der Waals surface area contributed by atoms with Gasteiger partial charge in [0.15, 0.2) is 0 Å². The van der Waals surface area contributed by atoms with E-state index in [1.165, 1.54) is 5.56 Å². The first kappa shape index (κ1) is 22.6. The van der Waals surface area contributed by atoms with E-state index in [1.807, 2.05) is 73.3 Å². The first-order valence-electron chi connectivity index (χ1n) is 11.5. The number of hydrogen-bond acceptors (Lipinski definition) is 4. The number of nitrogens with zero attached hydrogens (tertiary/aromatic N) is 3. The SMILES string of the molecule is Cc1ccc(CC(=O)N2CCCC(c3ncc(C(=O)NCc4ccccc4)c(C)n3)C2)cc1. The molecule has 0 radical (unpaired) electrons. The average Bonchev–Trinajstić information content (AvgIpc) is 2.84. The molecular formula is C27H30N4O2. The first-order valence-corrected chi connectivity index (χ1v) is 11.5. The lowest BCUT2D eigenvalue weighted by Gasteiger charge is -2.32. The van der Waals surface area contributed by atoms with Crippen LogP contribution in [0.25, 0.3) is 0 Å². The standard InChI is InChI=1S/C27H30N4O2/c1-19-10-12-21(13-11-19)15-25(32)31-14-6-9-23(18-31)26-28-17-24(20(2)30-26)27(33)29-16-22-7-4-3-5-8-22/h3-5,7-8,10-13,17,23H,6,9,14-16,18H2,1-2H3,(H,29,33). The molecule has 6 heteroatoms. The summed E-state index contributed by atoms with van der Waals surface area (Å²) in [6.45, 7) is 5.72. The molecule has 1 unspecified atom stereocenters. The minimum atomic E-state index is -0.179. The van der Waals surface area contributed by atoms with Crippen molar-refractivity contribution in [2.75, 3.05) is 13.1 Å². The summed E-state index contributed by atoms with van der Waals surface area (Å²) in [4.78, 5) is 36.6. The fraction of sp³-hybridized carbons (Fsp3) is 0.333. The Morgan fingerprint density at radius 3 is 2.52 bits per heavy atom. The van der Waals surface area contributed by atoms with Gasteiger partial charge in [-0.05, 0) is 37.8 Å². The quantitative estimate of drug-likeness (QED) is 0.627. The maximum absolute atomic E-state index is 12.9. The van der Waals surface area contributed by atoms with Gasteiger partial charge in [-0.3, -0.25) is 9.59 Å². The van der Waals surface area contributed by atoms with Crippen LogP contribution in [0.1, 0.15) is 57.3 Å². The zero-order chi connectivity index (χ0) is 23.2. The number of piperidine rings is 1. The number of aryl methyl sites for hydroxylation is 2. The molecule has 0 aliphatic carbocycles. The van der Waals surface area contributed by atoms with Crippen LogP contribution in [0.5, 0.6) is 0 Å². The van der Waals surface area contributed by atoms with Gasteiger partial charge in [-0.2, -0.15) is 0 Å². The summed E-state index contributed by atoms with van der Waals surface area (Å²) in [6, 6.07) is 17.9. The van der Waals surface area contributed by atoms with E-state index in [9.17, 15) is 9.59 Å². The van der Waals surface area contributed by atoms with Crippen molar-refractivity contribution >= 4 is 11.8 Å². The summed E-state index contributed by atoms with van der Waals surface area (Å²) >= 11 is 0. The van der Waals surface area contributed by atoms with Crippen molar-refractivity contribution in [1.29, 1.82) is 0 Å². The fourth-order valence-corrected chi connectivity index (χ4v) is 4.18. The van der Waals surface area contributed by atoms with Gasteiger partial charge in [-0.1, -0.05) is 60.2 Å². The van der Waals surface area contributed by atoms with Gasteiger partial charge < -0.3 is 10.2 Å². The van der Waals surface area contributed by atoms with Crippen molar-refractivity contribution in [2.45, 2.75) is 45.6 Å². The molecule has 0 saturated carbocycles. The van der Waals surface area contributed by atoms with Gasteiger partial charge in [-0.15, -0.1) is 0 Å². The highest BCUT2D eigenvalue weighted by Gasteiger charge is 2.27. The number of carbonyl (C=O) groups excluding carboxylic acids is 2. The fourth-order valence-electron chi connectivity index (χ4n) is 4.18. The van der Waals surface area contributed by atoms with E-state index in [2.05, 4.69) is 15.3 Å². The van der Waals surface area contributed by atoms with Gasteiger partial charge in [0, 0.05) is 31.7 Å². The highest BCUT2D eigenvalue weighted by atomic mass is 16.2. The summed E-state index contributed by atoms with van der Waals surface area (Å²) in [5, 5.41) is 2.93. The zero-order valence-electron chi connectivity index (χ0n) is 19.3. The molecule has 1 atom stereocenters. The molecule has 2 aromatic carbocycles. The van der Waals surface area contributed by atoms with E-state index in [-0.39, 0.29) is 17.7 Å². The van der Waals surface area contributed by atoms with Crippen LogP contribution in [-0.4, -0.2) is 39.8 Å². The van der Waals surface area contributed by atoms with Crippen LogP contribution in [0.15, 0.2) is 60.8 Å². The van der Waals surface area contributed by atoms with Crippen LogP contribution < -0.4 is 5.32 Å². The van der Waals surface area contributed by atoms with E-state index in [1.54, 1.807) is 6.20 Å². The number of benzene rings is 2. The Hall–Kier alpha value is -3.54. The van der Waals surface area contributed by atoms with Crippen LogP contribution in [0.3, 0.4) is 0 Å². The van der Waals surface area contributed by atoms with E-state index in [0.29, 0.717) is 36.6 Å². The Kier molecular flexibility index (Phi) is 7.13. The summed E-state index contributed by atoms with van der Waals surface area (Å²) in [6.07, 6.45) is 3.89. The molecule has 0 spiro atoms. The summed E-state index contributed by atoms with van der Waals surface area (Å²) < 4.78 is 0. The predicted molar refractivity (Wildman–Crippen MR) is 128 cm³/mol. The predicted octanol–water partition coefficient (Wildman–Crippen LogP) is 3.97. The monoisotopic (exact) mass is 442 g/mol. The first-order chi connectivity index (χ1) is 16.0. The molecule has 2 heterocycles. The smallest absolute Gasteiger partial charge is 0.254 e. The van der Waals surface area contributed by atoms with Crippen LogP contribution in [0, 0.1) is 13.8 Å². The van der Waals surface area contributed by atoms with Gasteiger partial charge in [-0.25, -0.2) is 9.97 Å². The molecule has 1 aliphatic rings. The number of amides is 2. The third-order valence-corrected chi connectivity index (χ3v) is 6.15. The molecule has 1 saturated heterocycles. The van der Waals surface area contributed by atoms with Crippen LogP contribution >= 0.6 is 0 Å². The minimum absolute atomic E-state index is 0.0841. The maximum atomic E-state index is 12.9. The summed E-state index contributed by atoms with van der Waals surface area (Å²) in [5.74, 6) is 0.749. The van der Waals surface area contributed by atoms with Crippen LogP contribution in [0.2, 0.25) is 0 Å². The molecule has 1 aromatic heterocycles. The lowest BCUT2D eigenvalue weighted by Crippen LogP contribution is -2.40. The Balaban J connectivity index is 1.38. The van der Waals surface area contributed by atoms with Crippen molar-refractivity contribution < 1.29 is 9.59 Å². The largest absolute Gasteiger partial charge is 0.348 e. The molecule has 3 aromatic rings. The number of carbonyl (C=O) groups is 2. The van der Waals surface area contributed by atoms with Crippen molar-refractivity contribution in [3.8, 4) is 0 Å². The molecule has 6 nitrogen and oxygen atoms in total. The lowest BCUT2D eigenvalue weighted by atomic mass is 9.96. The van der Waals surface area contributed by atoms with Crippen LogP contribution in [0.4, 0.5) is 0 Å². The summed E-state index contributed by atoms with van der Waals surface area (Å²) in [5.41, 5.74) is 4.41. The topological polar surface area (TPSA) is 75.2 Å². The number of nitrogens with one attached hydrogen (secondary N) is 1. The van der Waals surface area contributed by atoms with E-state index < -0.39 is 0 Å². The molecule has 170 valence electrons. The lowest BCUT2D eigenvalue weighted by molar-refractivity contribution is -0.131. The van der Waals surface area contributed by atoms with E-state index in [0.717, 1.165) is 30.5 Å². The minimum Gasteiger partial charge on any atom is -0.348 e. The number of likely N-dealkylation sites (tertiary alicyclic amines) is 1. The van der Waals surface area contributed by atoms with Crippen LogP contribution in [-0.2, 0) is 17.8 Å². The van der Waals surface area contributed by atoms with Gasteiger partial charge >= 0.3 is 0 Å². The molecule has 2 amide bonds. The maximum Gasteiger partial charge on any atom is 0.254 e.